The topological polar surface area (TPSA) is 62.1 Å². The van der Waals surface area contributed by atoms with Gasteiger partial charge in [0.1, 0.15) is 12.3 Å². The first-order chi connectivity index (χ1) is 8.31. The number of nitrogens with zero attached hydrogens (tertiary/aromatic N) is 1. The van der Waals surface area contributed by atoms with Crippen LogP contribution in [-0.2, 0) is 12.8 Å². The summed E-state index contributed by atoms with van der Waals surface area (Å²) in [4.78, 5) is 11.4. The zero-order valence-electron chi connectivity index (χ0n) is 9.53. The molecule has 1 aliphatic carbocycles. The average molecular weight is 230 g/mol. The van der Waals surface area contributed by atoms with Crippen LogP contribution in [-0.4, -0.2) is 12.6 Å². The van der Waals surface area contributed by atoms with Crippen molar-refractivity contribution in [1.29, 1.82) is 5.26 Å². The van der Waals surface area contributed by atoms with Crippen molar-refractivity contribution in [3.63, 3.8) is 0 Å². The van der Waals surface area contributed by atoms with Gasteiger partial charge in [0.05, 0.1) is 6.07 Å². The molecule has 4 nitrogen and oxygen atoms in total. The Kier molecular flexibility index (Phi) is 3.61. The molecule has 4 heteroatoms. The number of hydrogen-bond donors (Lipinski definition) is 1. The Labute approximate surface area is 100 Å². The number of carbonyl (C=O) groups excluding carboxylic acids is 1. The van der Waals surface area contributed by atoms with E-state index in [0.29, 0.717) is 5.75 Å². The molecule has 1 aromatic rings. The number of nitriles is 1. The van der Waals surface area contributed by atoms with Gasteiger partial charge in [-0.25, -0.2) is 4.79 Å². The van der Waals surface area contributed by atoms with Crippen LogP contribution >= 0.6 is 0 Å². The maximum absolute atomic E-state index is 11.4. The molecule has 1 amide bonds. The maximum atomic E-state index is 11.4. The Hall–Kier alpha value is -2.02. The number of carbonyl (C=O) groups is 1. The lowest BCUT2D eigenvalue weighted by Crippen LogP contribution is -2.27. The normalized spacial score (nSPS) is 13.4. The van der Waals surface area contributed by atoms with Gasteiger partial charge in [0, 0.05) is 0 Å². The minimum atomic E-state index is -0.564. The molecule has 0 unspecified atom stereocenters. The molecule has 0 radical (unpaired) electrons. The SMILES string of the molecule is N#CCNC(=O)Oc1cccc2c1CCCC2. The largest absolute Gasteiger partial charge is 0.413 e. The maximum Gasteiger partial charge on any atom is 0.413 e. The van der Waals surface area contributed by atoms with Gasteiger partial charge in [0.2, 0.25) is 0 Å². The number of ether oxygens (including phenoxy) is 1. The minimum absolute atomic E-state index is 0.0339. The molecule has 0 spiro atoms. The lowest BCUT2D eigenvalue weighted by Gasteiger charge is -2.18. The van der Waals surface area contributed by atoms with E-state index in [-0.39, 0.29) is 6.54 Å². The third-order valence-electron chi connectivity index (χ3n) is 2.87. The van der Waals surface area contributed by atoms with Gasteiger partial charge in [-0.15, -0.1) is 0 Å². The minimum Gasteiger partial charge on any atom is -0.410 e. The summed E-state index contributed by atoms with van der Waals surface area (Å²) < 4.78 is 5.21. The lowest BCUT2D eigenvalue weighted by atomic mass is 9.91. The van der Waals surface area contributed by atoms with E-state index in [1.807, 2.05) is 12.1 Å². The standard InChI is InChI=1S/C13H14N2O2/c14-8-9-15-13(16)17-12-7-3-5-10-4-1-2-6-11(10)12/h3,5,7H,1-2,4,6,9H2,(H,15,16). The fourth-order valence-corrected chi connectivity index (χ4v) is 2.09. The van der Waals surface area contributed by atoms with Gasteiger partial charge in [-0.3, -0.25) is 0 Å². The Balaban J connectivity index is 2.11. The van der Waals surface area contributed by atoms with Crippen molar-refractivity contribution in [2.45, 2.75) is 25.7 Å². The molecule has 0 saturated carbocycles. The quantitative estimate of drug-likeness (QED) is 0.792. The van der Waals surface area contributed by atoms with Crippen LogP contribution in [0.25, 0.3) is 0 Å². The second kappa shape index (κ2) is 5.35. The third-order valence-corrected chi connectivity index (χ3v) is 2.87. The van der Waals surface area contributed by atoms with Crippen molar-refractivity contribution in [3.8, 4) is 11.8 Å². The van der Waals surface area contributed by atoms with Gasteiger partial charge < -0.3 is 10.1 Å². The third kappa shape index (κ3) is 2.76. The first-order valence-corrected chi connectivity index (χ1v) is 5.74. The van der Waals surface area contributed by atoms with E-state index < -0.39 is 6.09 Å². The second-order valence-corrected chi connectivity index (χ2v) is 4.00. The molecule has 0 aliphatic heterocycles. The molecular formula is C13H14N2O2. The van der Waals surface area contributed by atoms with Gasteiger partial charge in [-0.05, 0) is 42.9 Å². The van der Waals surface area contributed by atoms with E-state index in [1.165, 1.54) is 12.0 Å². The first kappa shape index (κ1) is 11.5. The zero-order chi connectivity index (χ0) is 12.1. The number of aryl methyl sites for hydroxylation is 1. The van der Waals surface area contributed by atoms with E-state index in [4.69, 9.17) is 10.00 Å². The predicted molar refractivity (Wildman–Crippen MR) is 62.7 cm³/mol. The summed E-state index contributed by atoms with van der Waals surface area (Å²) >= 11 is 0. The van der Waals surface area contributed by atoms with Crippen molar-refractivity contribution in [3.05, 3.63) is 29.3 Å². The highest BCUT2D eigenvalue weighted by molar-refractivity contribution is 5.71. The molecule has 88 valence electrons. The molecule has 2 rings (SSSR count). The molecule has 1 aromatic carbocycles. The molecular weight excluding hydrogens is 216 g/mol. The summed E-state index contributed by atoms with van der Waals surface area (Å²) in [5.74, 6) is 0.623. The lowest BCUT2D eigenvalue weighted by molar-refractivity contribution is 0.201. The summed E-state index contributed by atoms with van der Waals surface area (Å²) in [7, 11) is 0. The summed E-state index contributed by atoms with van der Waals surface area (Å²) in [5, 5.41) is 10.7. The second-order valence-electron chi connectivity index (χ2n) is 4.00. The Morgan fingerprint density at radius 1 is 1.41 bits per heavy atom. The van der Waals surface area contributed by atoms with Crippen LogP contribution in [0.3, 0.4) is 0 Å². The van der Waals surface area contributed by atoms with E-state index >= 15 is 0 Å². The summed E-state index contributed by atoms with van der Waals surface area (Å²) in [6.45, 7) is -0.0339. The van der Waals surface area contributed by atoms with Crippen molar-refractivity contribution in [2.75, 3.05) is 6.54 Å². The van der Waals surface area contributed by atoms with Crippen LogP contribution < -0.4 is 10.1 Å². The molecule has 0 aromatic heterocycles. The molecule has 17 heavy (non-hydrogen) atoms. The predicted octanol–water partition coefficient (Wildman–Crippen LogP) is 2.18. The number of rotatable bonds is 2. The Bertz CT molecular complexity index is 463. The van der Waals surface area contributed by atoms with Gasteiger partial charge >= 0.3 is 6.09 Å². The molecule has 0 atom stereocenters. The number of benzene rings is 1. The monoisotopic (exact) mass is 230 g/mol. The Morgan fingerprint density at radius 2 is 2.24 bits per heavy atom. The van der Waals surface area contributed by atoms with Gasteiger partial charge in [-0.1, -0.05) is 12.1 Å². The molecule has 0 fully saturated rings. The van der Waals surface area contributed by atoms with E-state index in [9.17, 15) is 4.79 Å². The van der Waals surface area contributed by atoms with Crippen molar-refractivity contribution < 1.29 is 9.53 Å². The smallest absolute Gasteiger partial charge is 0.410 e. The highest BCUT2D eigenvalue weighted by Crippen LogP contribution is 2.29. The van der Waals surface area contributed by atoms with E-state index in [0.717, 1.165) is 24.8 Å². The molecule has 0 bridgehead atoms. The fraction of sp³-hybridized carbons (Fsp3) is 0.385. The number of hydrogen-bond acceptors (Lipinski definition) is 3. The molecule has 0 heterocycles. The van der Waals surface area contributed by atoms with Crippen molar-refractivity contribution >= 4 is 6.09 Å². The van der Waals surface area contributed by atoms with Crippen LogP contribution in [0.15, 0.2) is 18.2 Å². The van der Waals surface area contributed by atoms with E-state index in [1.54, 1.807) is 6.07 Å². The summed E-state index contributed by atoms with van der Waals surface area (Å²) in [5.41, 5.74) is 2.40. The summed E-state index contributed by atoms with van der Waals surface area (Å²) in [6.07, 6.45) is 3.76. The Morgan fingerprint density at radius 3 is 3.06 bits per heavy atom. The van der Waals surface area contributed by atoms with Crippen LogP contribution in [0.1, 0.15) is 24.0 Å². The van der Waals surface area contributed by atoms with Gasteiger partial charge in [-0.2, -0.15) is 5.26 Å². The summed E-state index contributed by atoms with van der Waals surface area (Å²) in [6, 6.07) is 7.61. The number of fused-ring (bicyclic) bond motifs is 1. The average Bonchev–Trinajstić information content (AvgIpc) is 2.37. The highest BCUT2D eigenvalue weighted by atomic mass is 16.6. The number of nitrogens with one attached hydrogen (secondary N) is 1. The van der Waals surface area contributed by atoms with Crippen LogP contribution in [0.2, 0.25) is 0 Å². The van der Waals surface area contributed by atoms with Gasteiger partial charge in [0.15, 0.2) is 0 Å². The van der Waals surface area contributed by atoms with Gasteiger partial charge in [0.25, 0.3) is 0 Å². The highest BCUT2D eigenvalue weighted by Gasteiger charge is 2.15. The zero-order valence-corrected chi connectivity index (χ0v) is 9.53. The van der Waals surface area contributed by atoms with Crippen LogP contribution in [0, 0.1) is 11.3 Å². The van der Waals surface area contributed by atoms with Crippen molar-refractivity contribution in [1.82, 2.24) is 5.32 Å². The van der Waals surface area contributed by atoms with Crippen LogP contribution in [0.5, 0.6) is 5.75 Å². The van der Waals surface area contributed by atoms with Crippen molar-refractivity contribution in [2.24, 2.45) is 0 Å². The number of amides is 1. The first-order valence-electron chi connectivity index (χ1n) is 5.74. The molecule has 0 saturated heterocycles. The van der Waals surface area contributed by atoms with E-state index in [2.05, 4.69) is 11.4 Å². The fourth-order valence-electron chi connectivity index (χ4n) is 2.09. The molecule has 1 aliphatic rings. The molecule has 1 N–H and O–H groups in total. The van der Waals surface area contributed by atoms with Crippen LogP contribution in [0.4, 0.5) is 4.79 Å².